The summed E-state index contributed by atoms with van der Waals surface area (Å²) < 4.78 is 50.5. The van der Waals surface area contributed by atoms with E-state index in [0.29, 0.717) is 40.9 Å². The van der Waals surface area contributed by atoms with E-state index in [0.717, 1.165) is 24.0 Å². The fourth-order valence-corrected chi connectivity index (χ4v) is 5.40. The minimum atomic E-state index is -0.750. The molecule has 0 radical (unpaired) electrons. The van der Waals surface area contributed by atoms with Gasteiger partial charge in [0.1, 0.15) is 19.3 Å². The summed E-state index contributed by atoms with van der Waals surface area (Å²) in [4.78, 5) is 21.0. The fraction of sp³-hybridized carbons (Fsp3) is 0.371. The Morgan fingerprint density at radius 3 is 2.14 bits per heavy atom. The van der Waals surface area contributed by atoms with Gasteiger partial charge in [-0.1, -0.05) is 12.1 Å². The molecule has 0 fully saturated rings. The van der Waals surface area contributed by atoms with Crippen molar-refractivity contribution in [2.45, 2.75) is 25.4 Å². The van der Waals surface area contributed by atoms with Gasteiger partial charge in [0.2, 0.25) is 12.5 Å². The van der Waals surface area contributed by atoms with Crippen molar-refractivity contribution in [1.82, 2.24) is 10.3 Å². The highest BCUT2D eigenvalue weighted by Gasteiger charge is 2.33. The number of hydrazine groups is 1. The molecule has 1 aliphatic carbocycles. The first-order valence-electron chi connectivity index (χ1n) is 15.4. The number of methoxy groups -OCH3 is 5. The van der Waals surface area contributed by atoms with Crippen LogP contribution < -0.4 is 45.3 Å². The molecule has 0 bridgehead atoms. The Balaban J connectivity index is 0.000000441. The Labute approximate surface area is 296 Å². The zero-order valence-electron chi connectivity index (χ0n) is 29.3. The molecule has 2 atom stereocenters. The van der Waals surface area contributed by atoms with Crippen molar-refractivity contribution in [3.63, 3.8) is 0 Å². The smallest absolute Gasteiger partial charge is 0.269 e. The number of ether oxygens (including phenoxy) is 7. The van der Waals surface area contributed by atoms with Crippen LogP contribution in [0, 0.1) is 11.7 Å². The van der Waals surface area contributed by atoms with Crippen LogP contribution in [0.4, 0.5) is 4.39 Å². The fourth-order valence-electron chi connectivity index (χ4n) is 5.40. The number of hydrogen-bond donors (Lipinski definition) is 5. The monoisotopic (exact) mass is 718 g/mol. The number of aryl methyl sites for hydroxylation is 1. The lowest BCUT2D eigenvalue weighted by Gasteiger charge is -2.34. The summed E-state index contributed by atoms with van der Waals surface area (Å²) in [7, 11) is 7.80. The van der Waals surface area contributed by atoms with Gasteiger partial charge in [0, 0.05) is 19.2 Å². The lowest BCUT2D eigenvalue weighted by molar-refractivity contribution is -0.119. The number of amides is 1. The van der Waals surface area contributed by atoms with Crippen LogP contribution in [0.25, 0.3) is 0 Å². The molecule has 3 aromatic carbocycles. The molecule has 2 unspecified atom stereocenters. The van der Waals surface area contributed by atoms with E-state index in [1.165, 1.54) is 30.5 Å². The SMILES string of the molecule is C=O.COCC1CCc2cc3c(cc2C1NC(=O)/C(N)=C/N(N)Cc1ccc(OC)c(F)c1)OCO3.COc1cccc(OC)c1OC.OCO. The summed E-state index contributed by atoms with van der Waals surface area (Å²) in [5.41, 5.74) is 8.63. The summed E-state index contributed by atoms with van der Waals surface area (Å²) in [6, 6.07) is 13.6. The number of nitrogens with zero attached hydrogens (tertiary/aromatic N) is 1. The van der Waals surface area contributed by atoms with Crippen molar-refractivity contribution in [2.75, 3.05) is 55.7 Å². The van der Waals surface area contributed by atoms with Crippen molar-refractivity contribution in [3.05, 3.63) is 82.9 Å². The zero-order valence-corrected chi connectivity index (χ0v) is 29.3. The Kier molecular flexibility index (Phi) is 17.8. The molecule has 15 nitrogen and oxygen atoms in total. The number of nitrogens with one attached hydrogen (secondary N) is 1. The minimum Gasteiger partial charge on any atom is -0.494 e. The number of fused-ring (bicyclic) bond motifs is 2. The van der Waals surface area contributed by atoms with Gasteiger partial charge in [0.15, 0.2) is 34.6 Å². The largest absolute Gasteiger partial charge is 0.494 e. The first-order chi connectivity index (χ1) is 24.6. The zero-order chi connectivity index (χ0) is 37.9. The maximum absolute atomic E-state index is 13.9. The van der Waals surface area contributed by atoms with Gasteiger partial charge in [-0.3, -0.25) is 4.79 Å². The first kappa shape index (κ1) is 41.9. The van der Waals surface area contributed by atoms with Crippen LogP contribution in [-0.4, -0.2) is 83.7 Å². The van der Waals surface area contributed by atoms with E-state index >= 15 is 0 Å². The van der Waals surface area contributed by atoms with Crippen molar-refractivity contribution in [1.29, 1.82) is 0 Å². The van der Waals surface area contributed by atoms with Gasteiger partial charge in [-0.05, 0) is 65.9 Å². The maximum atomic E-state index is 13.9. The molecular weight excluding hydrogens is 671 g/mol. The number of aliphatic hydroxyl groups is 2. The third-order valence-electron chi connectivity index (χ3n) is 7.63. The van der Waals surface area contributed by atoms with Gasteiger partial charge >= 0.3 is 0 Å². The van der Waals surface area contributed by atoms with Gasteiger partial charge in [-0.2, -0.15) is 0 Å². The number of para-hydroxylation sites is 1. The van der Waals surface area contributed by atoms with Crippen LogP contribution in [0.15, 0.2) is 60.4 Å². The highest BCUT2D eigenvalue weighted by Crippen LogP contribution is 2.42. The standard InChI is InChI=1S/C24H29FN4O5.C9H12O3.CH4O2.CH2O/c1-31-12-16-5-4-15-8-21-22(34-13-33-21)9-17(15)23(16)28-24(30)19(26)11-29(27)10-14-3-6-20(32-2)18(25)7-14;1-10-7-5-4-6-8(11-2)9(7)12-3;2-1-3;1-2/h3,6-9,11,16,23H,4-5,10,12-13,26-27H2,1-2H3,(H,28,30);4-6H,1-3H3;2-3H,1H2;1H2/b19-11-;;;. The maximum Gasteiger partial charge on any atom is 0.269 e. The number of nitrogens with two attached hydrogens (primary N) is 2. The van der Waals surface area contributed by atoms with E-state index in [1.54, 1.807) is 34.5 Å². The van der Waals surface area contributed by atoms with Crippen LogP contribution in [-0.2, 0) is 27.3 Å². The Hall–Kier alpha value is -5.29. The topological polar surface area (TPSA) is 207 Å². The van der Waals surface area contributed by atoms with Crippen LogP contribution in [0.3, 0.4) is 0 Å². The molecule has 0 saturated heterocycles. The molecule has 0 aromatic heterocycles. The van der Waals surface area contributed by atoms with E-state index in [4.69, 9.17) is 59.7 Å². The molecule has 1 heterocycles. The number of halogens is 1. The van der Waals surface area contributed by atoms with Crippen molar-refractivity contribution in [2.24, 2.45) is 17.5 Å². The number of carbonyl (C=O) groups excluding carboxylic acids is 2. The van der Waals surface area contributed by atoms with Crippen molar-refractivity contribution >= 4 is 12.7 Å². The molecule has 280 valence electrons. The minimum absolute atomic E-state index is 0.0610. The third kappa shape index (κ3) is 11.6. The second-order valence-corrected chi connectivity index (χ2v) is 10.7. The normalized spacial score (nSPS) is 15.2. The van der Waals surface area contributed by atoms with Crippen LogP contribution in [0.1, 0.15) is 29.2 Å². The molecule has 16 heteroatoms. The Bertz CT molecular complexity index is 1550. The number of carbonyl (C=O) groups is 2. The molecular formula is C35H47FN4O11. The second kappa shape index (κ2) is 21.7. The number of benzene rings is 3. The molecule has 3 aromatic rings. The van der Waals surface area contributed by atoms with E-state index in [1.807, 2.05) is 37.1 Å². The molecule has 0 saturated carbocycles. The van der Waals surface area contributed by atoms with E-state index in [9.17, 15) is 9.18 Å². The van der Waals surface area contributed by atoms with Gasteiger partial charge in [-0.25, -0.2) is 10.2 Å². The summed E-state index contributed by atoms with van der Waals surface area (Å²) in [6.07, 6.45) is 3.00. The van der Waals surface area contributed by atoms with Gasteiger partial charge in [0.05, 0.1) is 47.6 Å². The Morgan fingerprint density at radius 2 is 1.59 bits per heavy atom. The summed E-state index contributed by atoms with van der Waals surface area (Å²) in [5.74, 6) is 8.59. The van der Waals surface area contributed by atoms with E-state index < -0.39 is 18.5 Å². The van der Waals surface area contributed by atoms with Crippen LogP contribution >= 0.6 is 0 Å². The summed E-state index contributed by atoms with van der Waals surface area (Å²) in [6.45, 7) is 2.06. The molecule has 51 heavy (non-hydrogen) atoms. The molecule has 2 aliphatic rings. The van der Waals surface area contributed by atoms with Gasteiger partial charge < -0.3 is 64.2 Å². The predicted molar refractivity (Wildman–Crippen MR) is 185 cm³/mol. The lowest BCUT2D eigenvalue weighted by Crippen LogP contribution is -2.40. The van der Waals surface area contributed by atoms with Crippen LogP contribution in [0.2, 0.25) is 0 Å². The lowest BCUT2D eigenvalue weighted by atomic mass is 9.79. The average molecular weight is 719 g/mol. The second-order valence-electron chi connectivity index (χ2n) is 10.7. The molecule has 7 N–H and O–H groups in total. The summed E-state index contributed by atoms with van der Waals surface area (Å²) >= 11 is 0. The average Bonchev–Trinajstić information content (AvgIpc) is 3.60. The van der Waals surface area contributed by atoms with Gasteiger partial charge in [0.25, 0.3) is 5.91 Å². The highest BCUT2D eigenvalue weighted by atomic mass is 19.1. The highest BCUT2D eigenvalue weighted by molar-refractivity contribution is 5.92. The molecule has 0 spiro atoms. The third-order valence-corrected chi connectivity index (χ3v) is 7.63. The number of aliphatic hydroxyl groups excluding tert-OH is 1. The van der Waals surface area contributed by atoms with Gasteiger partial charge in [-0.15, -0.1) is 0 Å². The van der Waals surface area contributed by atoms with Crippen molar-refractivity contribution in [3.8, 4) is 34.5 Å². The van der Waals surface area contributed by atoms with Crippen LogP contribution in [0.5, 0.6) is 34.5 Å². The molecule has 1 amide bonds. The Morgan fingerprint density at radius 1 is 0.980 bits per heavy atom. The van der Waals surface area contributed by atoms with Crippen molar-refractivity contribution < 1.29 is 57.4 Å². The first-order valence-corrected chi connectivity index (χ1v) is 15.4. The summed E-state index contributed by atoms with van der Waals surface area (Å²) in [5, 5.41) is 18.5. The predicted octanol–water partition coefficient (Wildman–Crippen LogP) is 2.56. The molecule has 1 aliphatic heterocycles. The quantitative estimate of drug-likeness (QED) is 0.0837. The molecule has 5 rings (SSSR count). The number of rotatable bonds is 11. The van der Waals surface area contributed by atoms with E-state index in [-0.39, 0.29) is 36.7 Å². The van der Waals surface area contributed by atoms with E-state index in [2.05, 4.69) is 5.32 Å². The number of hydrogen-bond acceptors (Lipinski definition) is 14.